The molecule has 2 heterocycles. The lowest BCUT2D eigenvalue weighted by atomic mass is 10.0. The van der Waals surface area contributed by atoms with E-state index < -0.39 is 0 Å². The largest absolute Gasteiger partial charge is 0.359 e. The van der Waals surface area contributed by atoms with Crippen LogP contribution >= 0.6 is 17.8 Å². The zero-order valence-corrected chi connectivity index (χ0v) is 7.96. The van der Waals surface area contributed by atoms with Gasteiger partial charge < -0.3 is 9.05 Å². The van der Waals surface area contributed by atoms with Gasteiger partial charge in [0.15, 0.2) is 14.6 Å². The van der Waals surface area contributed by atoms with E-state index in [1.54, 1.807) is 0 Å². The predicted molar refractivity (Wildman–Crippen MR) is 42.9 cm³/mol. The third-order valence-electron chi connectivity index (χ3n) is 1.77. The fourth-order valence-electron chi connectivity index (χ4n) is 1.10. The van der Waals surface area contributed by atoms with Crippen molar-refractivity contribution in [3.8, 4) is 0 Å². The van der Waals surface area contributed by atoms with E-state index in [9.17, 15) is 0 Å². The van der Waals surface area contributed by atoms with E-state index in [0.29, 0.717) is 22.0 Å². The van der Waals surface area contributed by atoms with Gasteiger partial charge in [-0.15, -0.1) is 0 Å². The summed E-state index contributed by atoms with van der Waals surface area (Å²) in [7, 11) is 0.636. The average molecular weight is 196 g/mol. The Morgan fingerprint density at radius 3 is 2.73 bits per heavy atom. The van der Waals surface area contributed by atoms with Gasteiger partial charge in [0.1, 0.15) is 0 Å². The standard InChI is InChI=1S/C5H10O4P2/c1-2-10-6-3-5(1)4-7-11-9-8-5/h10-11H,1-4H2. The van der Waals surface area contributed by atoms with E-state index >= 15 is 0 Å². The van der Waals surface area contributed by atoms with Crippen LogP contribution in [0.4, 0.5) is 0 Å². The van der Waals surface area contributed by atoms with E-state index in [0.717, 1.165) is 12.6 Å². The third-order valence-corrected chi connectivity index (χ3v) is 2.98. The Morgan fingerprint density at radius 1 is 1.18 bits per heavy atom. The normalized spacial score (nSPS) is 43.6. The highest BCUT2D eigenvalue weighted by Gasteiger charge is 2.38. The minimum Gasteiger partial charge on any atom is -0.359 e. The van der Waals surface area contributed by atoms with Crippen molar-refractivity contribution in [1.82, 2.24) is 0 Å². The van der Waals surface area contributed by atoms with Crippen molar-refractivity contribution < 1.29 is 18.6 Å². The average Bonchev–Trinajstić information content (AvgIpc) is 2.07. The Hall–Kier alpha value is 0.700. The van der Waals surface area contributed by atoms with Crippen LogP contribution in [0.1, 0.15) is 6.42 Å². The highest BCUT2D eigenvalue weighted by Crippen LogP contribution is 2.37. The summed E-state index contributed by atoms with van der Waals surface area (Å²) in [6.07, 6.45) is 2.03. The summed E-state index contributed by atoms with van der Waals surface area (Å²) in [4.78, 5) is 5.17. The molecule has 3 unspecified atom stereocenters. The van der Waals surface area contributed by atoms with Crippen molar-refractivity contribution in [2.45, 2.75) is 12.0 Å². The van der Waals surface area contributed by atoms with Crippen molar-refractivity contribution in [3.63, 3.8) is 0 Å². The molecule has 2 fully saturated rings. The molecule has 2 aliphatic rings. The lowest BCUT2D eigenvalue weighted by Gasteiger charge is -2.36. The highest BCUT2D eigenvalue weighted by molar-refractivity contribution is 7.32. The van der Waals surface area contributed by atoms with Crippen molar-refractivity contribution >= 4 is 17.8 Å². The molecule has 0 saturated carbocycles. The van der Waals surface area contributed by atoms with Gasteiger partial charge in [0, 0.05) is 8.81 Å². The zero-order chi connectivity index (χ0) is 7.57. The summed E-state index contributed by atoms with van der Waals surface area (Å²) in [6.45, 7) is 1.21. The number of hydrogen-bond acceptors (Lipinski definition) is 4. The molecule has 0 aromatic rings. The summed E-state index contributed by atoms with van der Waals surface area (Å²) in [5.74, 6) is 0. The first-order chi connectivity index (χ1) is 5.41. The molecule has 0 amide bonds. The molecule has 6 heteroatoms. The Bertz CT molecular complexity index is 111. The van der Waals surface area contributed by atoms with Crippen LogP contribution < -0.4 is 0 Å². The molecule has 0 N–H and O–H groups in total. The summed E-state index contributed by atoms with van der Waals surface area (Å²) in [5, 5.41) is 0. The summed E-state index contributed by atoms with van der Waals surface area (Å²) in [5.41, 5.74) is -0.295. The highest BCUT2D eigenvalue weighted by atomic mass is 31.1. The van der Waals surface area contributed by atoms with E-state index in [-0.39, 0.29) is 14.6 Å². The molecule has 0 bridgehead atoms. The second-order valence-electron chi connectivity index (χ2n) is 2.65. The van der Waals surface area contributed by atoms with Crippen LogP contribution in [-0.4, -0.2) is 25.0 Å². The van der Waals surface area contributed by atoms with Crippen molar-refractivity contribution in [1.29, 1.82) is 0 Å². The van der Waals surface area contributed by atoms with Gasteiger partial charge in [-0.1, -0.05) is 0 Å². The maximum Gasteiger partial charge on any atom is 0.194 e. The molecule has 64 valence electrons. The zero-order valence-electron chi connectivity index (χ0n) is 5.96. The van der Waals surface area contributed by atoms with Gasteiger partial charge in [0.05, 0.1) is 13.2 Å². The van der Waals surface area contributed by atoms with Crippen molar-refractivity contribution in [2.75, 3.05) is 19.4 Å². The second kappa shape index (κ2) is 3.61. The molecule has 11 heavy (non-hydrogen) atoms. The number of hydrogen-bond donors (Lipinski definition) is 0. The molecule has 0 aliphatic carbocycles. The molecule has 2 rings (SSSR count). The van der Waals surface area contributed by atoms with Crippen LogP contribution in [0.5, 0.6) is 0 Å². The fraction of sp³-hybridized carbons (Fsp3) is 1.00. The first-order valence-electron chi connectivity index (χ1n) is 3.47. The van der Waals surface area contributed by atoms with Crippen molar-refractivity contribution in [3.05, 3.63) is 0 Å². The van der Waals surface area contributed by atoms with Gasteiger partial charge in [-0.25, -0.2) is 4.89 Å². The lowest BCUT2D eigenvalue weighted by molar-refractivity contribution is -0.324. The Morgan fingerprint density at radius 2 is 2.09 bits per heavy atom. The van der Waals surface area contributed by atoms with Gasteiger partial charge in [-0.05, 0) is 12.6 Å². The lowest BCUT2D eigenvalue weighted by Crippen LogP contribution is -2.45. The van der Waals surface area contributed by atoms with Gasteiger partial charge >= 0.3 is 0 Å². The topological polar surface area (TPSA) is 36.9 Å². The Labute approximate surface area is 68.7 Å². The number of rotatable bonds is 0. The van der Waals surface area contributed by atoms with Gasteiger partial charge in [-0.3, -0.25) is 0 Å². The minimum absolute atomic E-state index is 0.0245. The molecule has 3 atom stereocenters. The first-order valence-corrected chi connectivity index (χ1v) is 5.41. The van der Waals surface area contributed by atoms with Gasteiger partial charge in [0.2, 0.25) is 0 Å². The second-order valence-corrected chi connectivity index (χ2v) is 4.35. The van der Waals surface area contributed by atoms with Crippen molar-refractivity contribution in [2.24, 2.45) is 0 Å². The summed E-state index contributed by atoms with van der Waals surface area (Å²) < 4.78 is 15.3. The molecule has 0 aromatic carbocycles. The van der Waals surface area contributed by atoms with Crippen LogP contribution in [0.25, 0.3) is 0 Å². The molecular formula is C5H10O4P2. The van der Waals surface area contributed by atoms with Crippen LogP contribution in [0.3, 0.4) is 0 Å². The first kappa shape index (κ1) is 8.31. The SMILES string of the molecule is C1CC2(COP1)COPOO2. The summed E-state index contributed by atoms with van der Waals surface area (Å²) >= 11 is 0. The molecule has 2 saturated heterocycles. The summed E-state index contributed by atoms with van der Waals surface area (Å²) in [6, 6.07) is 0. The van der Waals surface area contributed by atoms with E-state index in [1.807, 2.05) is 0 Å². The van der Waals surface area contributed by atoms with E-state index in [2.05, 4.69) is 0 Å². The minimum atomic E-state index is -0.295. The predicted octanol–water partition coefficient (Wildman–Crippen LogP) is 1.23. The molecule has 4 nitrogen and oxygen atoms in total. The van der Waals surface area contributed by atoms with E-state index in [1.165, 1.54) is 0 Å². The Kier molecular flexibility index (Phi) is 2.73. The quantitative estimate of drug-likeness (QED) is 0.431. The molecule has 0 aromatic heterocycles. The monoisotopic (exact) mass is 196 g/mol. The van der Waals surface area contributed by atoms with Crippen LogP contribution in [-0.2, 0) is 18.6 Å². The Balaban J connectivity index is 1.94. The maximum atomic E-state index is 5.31. The molecule has 2 aliphatic heterocycles. The van der Waals surface area contributed by atoms with Gasteiger partial charge in [-0.2, -0.15) is 4.67 Å². The molecule has 0 radical (unpaired) electrons. The molecule has 1 spiro atoms. The van der Waals surface area contributed by atoms with Crippen LogP contribution in [0.2, 0.25) is 0 Å². The maximum absolute atomic E-state index is 5.31. The smallest absolute Gasteiger partial charge is 0.194 e. The van der Waals surface area contributed by atoms with E-state index in [4.69, 9.17) is 18.6 Å². The van der Waals surface area contributed by atoms with Gasteiger partial charge in [0.25, 0.3) is 0 Å². The molecular weight excluding hydrogens is 186 g/mol. The third kappa shape index (κ3) is 1.89. The van der Waals surface area contributed by atoms with Crippen LogP contribution in [0, 0.1) is 0 Å². The van der Waals surface area contributed by atoms with Crippen LogP contribution in [0.15, 0.2) is 0 Å². The fourth-order valence-corrected chi connectivity index (χ4v) is 2.75.